The van der Waals surface area contributed by atoms with E-state index in [2.05, 4.69) is 5.32 Å². The van der Waals surface area contributed by atoms with Crippen LogP contribution in [0.4, 0.5) is 5.69 Å². The molecule has 1 amide bonds. The second-order valence-electron chi connectivity index (χ2n) is 5.96. The van der Waals surface area contributed by atoms with Gasteiger partial charge in [0.15, 0.2) is 0 Å². The van der Waals surface area contributed by atoms with Gasteiger partial charge in [0.1, 0.15) is 5.75 Å². The molecule has 138 valence electrons. The Bertz CT molecular complexity index is 801. The van der Waals surface area contributed by atoms with Crippen LogP contribution < -0.4 is 10.1 Å². The van der Waals surface area contributed by atoms with Gasteiger partial charge in [-0.15, -0.1) is 0 Å². The van der Waals surface area contributed by atoms with E-state index in [-0.39, 0.29) is 11.5 Å². The molecular weight excluding hydrogens is 334 g/mol. The summed E-state index contributed by atoms with van der Waals surface area (Å²) in [5, 5.41) is 12.0. The fourth-order valence-corrected chi connectivity index (χ4v) is 2.53. The summed E-state index contributed by atoms with van der Waals surface area (Å²) < 4.78 is 10.6. The Balaban J connectivity index is 2.13. The number of benzene rings is 2. The van der Waals surface area contributed by atoms with E-state index in [0.29, 0.717) is 35.8 Å². The normalized spacial score (nSPS) is 10.4. The summed E-state index contributed by atoms with van der Waals surface area (Å²) in [4.78, 5) is 23.8. The topological polar surface area (TPSA) is 84.9 Å². The Morgan fingerprint density at radius 2 is 1.85 bits per heavy atom. The van der Waals surface area contributed by atoms with Crippen LogP contribution in [0, 0.1) is 13.8 Å². The van der Waals surface area contributed by atoms with Crippen molar-refractivity contribution in [3.05, 3.63) is 58.7 Å². The number of aryl methyl sites for hydroxylation is 2. The van der Waals surface area contributed by atoms with E-state index in [9.17, 15) is 14.7 Å². The van der Waals surface area contributed by atoms with Gasteiger partial charge in [-0.25, -0.2) is 4.79 Å². The van der Waals surface area contributed by atoms with Gasteiger partial charge < -0.3 is 19.9 Å². The maximum Gasteiger partial charge on any atom is 0.336 e. The lowest BCUT2D eigenvalue weighted by Gasteiger charge is -2.12. The summed E-state index contributed by atoms with van der Waals surface area (Å²) in [6.07, 6.45) is 0.757. The number of carbonyl (C=O) groups is 2. The zero-order chi connectivity index (χ0) is 19.1. The van der Waals surface area contributed by atoms with Crippen molar-refractivity contribution in [2.45, 2.75) is 20.3 Å². The molecule has 0 heterocycles. The number of carboxylic acids is 1. The summed E-state index contributed by atoms with van der Waals surface area (Å²) in [5.41, 5.74) is 2.53. The van der Waals surface area contributed by atoms with Gasteiger partial charge in [0.05, 0.1) is 12.2 Å². The Morgan fingerprint density at radius 3 is 2.54 bits per heavy atom. The number of nitrogens with one attached hydrogen (secondary N) is 1. The largest absolute Gasteiger partial charge is 0.493 e. The molecule has 2 aromatic carbocycles. The minimum Gasteiger partial charge on any atom is -0.493 e. The van der Waals surface area contributed by atoms with E-state index < -0.39 is 5.97 Å². The number of carboxylic acid groups (broad SMARTS) is 1. The van der Waals surface area contributed by atoms with Crippen LogP contribution in [0.1, 0.15) is 38.3 Å². The molecule has 0 unspecified atom stereocenters. The summed E-state index contributed by atoms with van der Waals surface area (Å²) in [6, 6.07) is 10.1. The molecule has 0 bridgehead atoms. The zero-order valence-corrected chi connectivity index (χ0v) is 15.2. The smallest absolute Gasteiger partial charge is 0.336 e. The van der Waals surface area contributed by atoms with E-state index in [0.717, 1.165) is 12.0 Å². The van der Waals surface area contributed by atoms with E-state index in [1.165, 1.54) is 6.07 Å². The molecule has 2 rings (SSSR count). The van der Waals surface area contributed by atoms with Gasteiger partial charge in [0, 0.05) is 31.4 Å². The van der Waals surface area contributed by atoms with Gasteiger partial charge in [-0.05, 0) is 49.2 Å². The highest BCUT2D eigenvalue weighted by molar-refractivity contribution is 6.05. The van der Waals surface area contributed by atoms with Gasteiger partial charge >= 0.3 is 5.97 Å². The van der Waals surface area contributed by atoms with Gasteiger partial charge in [0.25, 0.3) is 5.91 Å². The van der Waals surface area contributed by atoms with Crippen LogP contribution in [0.2, 0.25) is 0 Å². The number of rotatable bonds is 8. The number of aromatic carboxylic acids is 1. The van der Waals surface area contributed by atoms with Gasteiger partial charge in [-0.2, -0.15) is 0 Å². The van der Waals surface area contributed by atoms with E-state index >= 15 is 0 Å². The van der Waals surface area contributed by atoms with Crippen molar-refractivity contribution in [1.82, 2.24) is 0 Å². The van der Waals surface area contributed by atoms with Crippen LogP contribution in [0.25, 0.3) is 0 Å². The number of ether oxygens (including phenoxy) is 2. The Labute approximate surface area is 152 Å². The van der Waals surface area contributed by atoms with Crippen molar-refractivity contribution < 1.29 is 24.2 Å². The maximum atomic E-state index is 12.5. The van der Waals surface area contributed by atoms with Crippen molar-refractivity contribution in [3.63, 3.8) is 0 Å². The van der Waals surface area contributed by atoms with Crippen LogP contribution >= 0.6 is 0 Å². The van der Waals surface area contributed by atoms with Crippen molar-refractivity contribution in [3.8, 4) is 5.75 Å². The van der Waals surface area contributed by atoms with E-state index in [1.807, 2.05) is 6.92 Å². The minimum atomic E-state index is -1.02. The first kappa shape index (κ1) is 19.5. The lowest BCUT2D eigenvalue weighted by atomic mass is 10.0. The minimum absolute atomic E-state index is 0.168. The van der Waals surface area contributed by atoms with Gasteiger partial charge in [-0.3, -0.25) is 4.79 Å². The molecule has 0 spiro atoms. The lowest BCUT2D eigenvalue weighted by molar-refractivity contribution is 0.0695. The Kier molecular flexibility index (Phi) is 6.74. The third-order valence-corrected chi connectivity index (χ3v) is 3.91. The summed E-state index contributed by atoms with van der Waals surface area (Å²) >= 11 is 0. The van der Waals surface area contributed by atoms with Crippen LogP contribution in [0.15, 0.2) is 36.4 Å². The number of anilines is 1. The number of hydrogen-bond acceptors (Lipinski definition) is 4. The quantitative estimate of drug-likeness (QED) is 0.704. The van der Waals surface area contributed by atoms with Crippen molar-refractivity contribution in [1.29, 1.82) is 0 Å². The average Bonchev–Trinajstić information content (AvgIpc) is 2.61. The fourth-order valence-electron chi connectivity index (χ4n) is 2.53. The first-order valence-corrected chi connectivity index (χ1v) is 8.30. The molecule has 0 aromatic heterocycles. The Hall–Kier alpha value is -2.86. The third kappa shape index (κ3) is 5.07. The third-order valence-electron chi connectivity index (χ3n) is 3.91. The standard InChI is InChI=1S/C20H23NO5/c1-13-10-14(2)18(12-17(13)20(23)24)21-19(22)15-6-4-7-16(11-15)26-9-5-8-25-3/h4,6-7,10-12H,5,8-9H2,1-3H3,(H,21,22)(H,23,24). The Morgan fingerprint density at radius 1 is 1.08 bits per heavy atom. The second kappa shape index (κ2) is 9.01. The SMILES string of the molecule is COCCCOc1cccc(C(=O)Nc2cc(C(=O)O)c(C)cc2C)c1. The molecule has 0 atom stereocenters. The predicted molar refractivity (Wildman–Crippen MR) is 99.3 cm³/mol. The molecule has 6 heteroatoms. The fraction of sp³-hybridized carbons (Fsp3) is 0.300. The molecule has 0 saturated heterocycles. The molecular formula is C20H23NO5. The van der Waals surface area contributed by atoms with Gasteiger partial charge in [-0.1, -0.05) is 12.1 Å². The van der Waals surface area contributed by atoms with Crippen molar-refractivity contribution in [2.24, 2.45) is 0 Å². The number of hydrogen-bond donors (Lipinski definition) is 2. The first-order chi connectivity index (χ1) is 12.4. The number of amides is 1. The summed E-state index contributed by atoms with van der Waals surface area (Å²) in [5.74, 6) is -0.749. The monoisotopic (exact) mass is 357 g/mol. The molecule has 0 aliphatic rings. The highest BCUT2D eigenvalue weighted by Gasteiger charge is 2.14. The lowest BCUT2D eigenvalue weighted by Crippen LogP contribution is -2.14. The summed E-state index contributed by atoms with van der Waals surface area (Å²) in [7, 11) is 1.63. The van der Waals surface area contributed by atoms with E-state index in [1.54, 1.807) is 44.4 Å². The second-order valence-corrected chi connectivity index (χ2v) is 5.96. The summed E-state index contributed by atoms with van der Waals surface area (Å²) in [6.45, 7) is 4.66. The maximum absolute atomic E-state index is 12.5. The van der Waals surface area contributed by atoms with Crippen LogP contribution in [-0.4, -0.2) is 37.3 Å². The molecule has 26 heavy (non-hydrogen) atoms. The molecule has 2 N–H and O–H groups in total. The molecule has 0 radical (unpaired) electrons. The van der Waals surface area contributed by atoms with Crippen LogP contribution in [0.3, 0.4) is 0 Å². The molecule has 0 saturated carbocycles. The number of methoxy groups -OCH3 is 1. The van der Waals surface area contributed by atoms with Gasteiger partial charge in [0.2, 0.25) is 0 Å². The highest BCUT2D eigenvalue weighted by atomic mass is 16.5. The molecule has 6 nitrogen and oxygen atoms in total. The van der Waals surface area contributed by atoms with Crippen LogP contribution in [-0.2, 0) is 4.74 Å². The van der Waals surface area contributed by atoms with Crippen molar-refractivity contribution in [2.75, 3.05) is 25.6 Å². The molecule has 0 fully saturated rings. The molecule has 2 aromatic rings. The van der Waals surface area contributed by atoms with E-state index in [4.69, 9.17) is 9.47 Å². The number of carbonyl (C=O) groups excluding carboxylic acids is 1. The van der Waals surface area contributed by atoms with Crippen LogP contribution in [0.5, 0.6) is 5.75 Å². The first-order valence-electron chi connectivity index (χ1n) is 8.30. The predicted octanol–water partition coefficient (Wildman–Crippen LogP) is 3.67. The average molecular weight is 357 g/mol. The molecule has 0 aliphatic heterocycles. The zero-order valence-electron chi connectivity index (χ0n) is 15.2. The van der Waals surface area contributed by atoms with Crippen molar-refractivity contribution >= 4 is 17.6 Å². The molecule has 0 aliphatic carbocycles. The highest BCUT2D eigenvalue weighted by Crippen LogP contribution is 2.22.